The van der Waals surface area contributed by atoms with Gasteiger partial charge in [0.2, 0.25) is 5.91 Å². The Kier molecular flexibility index (Phi) is 4.76. The number of nitrogens with zero attached hydrogens (tertiary/aromatic N) is 1. The van der Waals surface area contributed by atoms with Gasteiger partial charge in [0, 0.05) is 17.2 Å². The molecule has 0 unspecified atom stereocenters. The molecule has 1 atom stereocenters. The molecule has 124 valence electrons. The third-order valence-electron chi connectivity index (χ3n) is 3.88. The smallest absolute Gasteiger partial charge is 0.335 e. The van der Waals surface area contributed by atoms with Crippen molar-refractivity contribution in [3.05, 3.63) is 57.6 Å². The van der Waals surface area contributed by atoms with Crippen molar-refractivity contribution in [1.82, 2.24) is 10.3 Å². The van der Waals surface area contributed by atoms with Crippen molar-refractivity contribution in [1.29, 1.82) is 0 Å². The summed E-state index contributed by atoms with van der Waals surface area (Å²) in [5.41, 5.74) is 1.98. The van der Waals surface area contributed by atoms with Gasteiger partial charge in [0.05, 0.1) is 11.6 Å². The first-order chi connectivity index (χ1) is 11.5. The summed E-state index contributed by atoms with van der Waals surface area (Å²) in [5.74, 6) is -0.654. The molecular formula is C18H18N2O3S. The number of carboxylic acids is 1. The molecule has 1 aromatic carbocycles. The molecule has 3 rings (SSSR count). The second-order valence-corrected chi connectivity index (χ2v) is 6.80. The number of rotatable bonds is 6. The SMILES string of the molecule is Cc1csc([C@@H](NC(=O)/C=C/c2ccc(C(=O)O)cc2)C2CC2)n1. The molecule has 0 bridgehead atoms. The number of carbonyl (C=O) groups is 2. The van der Waals surface area contributed by atoms with E-state index < -0.39 is 5.97 Å². The van der Waals surface area contributed by atoms with Gasteiger partial charge in [0.1, 0.15) is 5.01 Å². The van der Waals surface area contributed by atoms with E-state index in [0.29, 0.717) is 5.92 Å². The first kappa shape index (κ1) is 16.4. The Morgan fingerprint density at radius 1 is 1.33 bits per heavy atom. The monoisotopic (exact) mass is 342 g/mol. The van der Waals surface area contributed by atoms with Crippen molar-refractivity contribution in [3.8, 4) is 0 Å². The lowest BCUT2D eigenvalue weighted by molar-refractivity contribution is -0.117. The van der Waals surface area contributed by atoms with E-state index in [-0.39, 0.29) is 17.5 Å². The average Bonchev–Trinajstić information content (AvgIpc) is 3.32. The molecule has 6 heteroatoms. The van der Waals surface area contributed by atoms with E-state index in [1.807, 2.05) is 12.3 Å². The fourth-order valence-corrected chi connectivity index (χ4v) is 3.37. The van der Waals surface area contributed by atoms with Crippen molar-refractivity contribution in [3.63, 3.8) is 0 Å². The highest BCUT2D eigenvalue weighted by Gasteiger charge is 2.34. The van der Waals surface area contributed by atoms with Crippen LogP contribution in [0.3, 0.4) is 0 Å². The molecule has 2 N–H and O–H groups in total. The summed E-state index contributed by atoms with van der Waals surface area (Å²) in [4.78, 5) is 27.5. The van der Waals surface area contributed by atoms with Gasteiger partial charge in [-0.3, -0.25) is 4.79 Å². The Hall–Kier alpha value is -2.47. The van der Waals surface area contributed by atoms with Crippen LogP contribution in [-0.4, -0.2) is 22.0 Å². The number of aryl methyl sites for hydroxylation is 1. The zero-order valence-corrected chi connectivity index (χ0v) is 14.0. The van der Waals surface area contributed by atoms with Crippen LogP contribution in [0.25, 0.3) is 6.08 Å². The summed E-state index contributed by atoms with van der Waals surface area (Å²) in [7, 11) is 0. The van der Waals surface area contributed by atoms with Crippen molar-refractivity contribution in [2.45, 2.75) is 25.8 Å². The topological polar surface area (TPSA) is 79.3 Å². The number of hydrogen-bond acceptors (Lipinski definition) is 4. The Morgan fingerprint density at radius 2 is 2.04 bits per heavy atom. The van der Waals surface area contributed by atoms with Gasteiger partial charge in [0.25, 0.3) is 0 Å². The number of aromatic nitrogens is 1. The maximum Gasteiger partial charge on any atom is 0.335 e. The second kappa shape index (κ2) is 6.97. The first-order valence-electron chi connectivity index (χ1n) is 7.77. The molecule has 1 heterocycles. The van der Waals surface area contributed by atoms with Gasteiger partial charge in [-0.2, -0.15) is 0 Å². The van der Waals surface area contributed by atoms with Crippen LogP contribution in [0, 0.1) is 12.8 Å². The summed E-state index contributed by atoms with van der Waals surface area (Å²) >= 11 is 1.58. The van der Waals surface area contributed by atoms with Crippen molar-refractivity contribution < 1.29 is 14.7 Å². The number of carbonyl (C=O) groups excluding carboxylic acids is 1. The van der Waals surface area contributed by atoms with Crippen molar-refractivity contribution >= 4 is 29.3 Å². The predicted octanol–water partition coefficient (Wildman–Crippen LogP) is 3.43. The quantitative estimate of drug-likeness (QED) is 0.788. The van der Waals surface area contributed by atoms with Crippen LogP contribution >= 0.6 is 11.3 Å². The van der Waals surface area contributed by atoms with E-state index in [9.17, 15) is 9.59 Å². The number of thiazole rings is 1. The third-order valence-corrected chi connectivity index (χ3v) is 4.92. The Bertz CT molecular complexity index is 776. The molecule has 24 heavy (non-hydrogen) atoms. The highest BCUT2D eigenvalue weighted by Crippen LogP contribution is 2.41. The number of carboxylic acid groups (broad SMARTS) is 1. The maximum absolute atomic E-state index is 12.2. The number of nitrogens with one attached hydrogen (secondary N) is 1. The fourth-order valence-electron chi connectivity index (χ4n) is 2.44. The van der Waals surface area contributed by atoms with Crippen LogP contribution < -0.4 is 5.32 Å². The molecule has 0 spiro atoms. The molecular weight excluding hydrogens is 324 g/mol. The standard InChI is InChI=1S/C18H18N2O3S/c1-11-10-24-17(19-11)16(13-7-8-13)20-15(21)9-4-12-2-5-14(6-3-12)18(22)23/h2-6,9-10,13,16H,7-8H2,1H3,(H,20,21)(H,22,23)/b9-4+/t16-/m0/s1. The van der Waals surface area contributed by atoms with Crippen LogP contribution in [0.1, 0.15) is 45.5 Å². The number of aromatic carboxylic acids is 1. The summed E-state index contributed by atoms with van der Waals surface area (Å²) in [6.07, 6.45) is 5.39. The molecule has 2 aromatic rings. The van der Waals surface area contributed by atoms with Crippen LogP contribution in [0.5, 0.6) is 0 Å². The molecule has 1 aliphatic rings. The van der Waals surface area contributed by atoms with Crippen LogP contribution in [-0.2, 0) is 4.79 Å². The minimum Gasteiger partial charge on any atom is -0.478 e. The maximum atomic E-state index is 12.2. The number of benzene rings is 1. The molecule has 0 saturated heterocycles. The minimum absolute atomic E-state index is 0.0183. The molecule has 1 aromatic heterocycles. The highest BCUT2D eigenvalue weighted by atomic mass is 32.1. The van der Waals surface area contributed by atoms with E-state index in [2.05, 4.69) is 10.3 Å². The van der Waals surface area contributed by atoms with Gasteiger partial charge in [-0.05, 0) is 49.5 Å². The lowest BCUT2D eigenvalue weighted by Crippen LogP contribution is -2.28. The Balaban J connectivity index is 1.64. The minimum atomic E-state index is -0.964. The van der Waals surface area contributed by atoms with Crippen LogP contribution in [0.2, 0.25) is 0 Å². The van der Waals surface area contributed by atoms with Gasteiger partial charge in [-0.25, -0.2) is 9.78 Å². The van der Waals surface area contributed by atoms with E-state index >= 15 is 0 Å². The van der Waals surface area contributed by atoms with E-state index in [4.69, 9.17) is 5.11 Å². The Labute approximate surface area is 144 Å². The molecule has 1 fully saturated rings. The summed E-state index contributed by atoms with van der Waals surface area (Å²) in [6.45, 7) is 1.95. The average molecular weight is 342 g/mol. The second-order valence-electron chi connectivity index (χ2n) is 5.91. The summed E-state index contributed by atoms with van der Waals surface area (Å²) in [5, 5.41) is 14.9. The zero-order chi connectivity index (χ0) is 17.1. The zero-order valence-electron chi connectivity index (χ0n) is 13.2. The lowest BCUT2D eigenvalue weighted by atomic mass is 10.1. The number of hydrogen-bond donors (Lipinski definition) is 2. The van der Waals surface area contributed by atoms with Crippen LogP contribution in [0.15, 0.2) is 35.7 Å². The van der Waals surface area contributed by atoms with Crippen LogP contribution in [0.4, 0.5) is 0 Å². The van der Waals surface area contributed by atoms with Gasteiger partial charge in [-0.15, -0.1) is 11.3 Å². The van der Waals surface area contributed by atoms with Gasteiger partial charge in [-0.1, -0.05) is 12.1 Å². The fraction of sp³-hybridized carbons (Fsp3) is 0.278. The van der Waals surface area contributed by atoms with Gasteiger partial charge < -0.3 is 10.4 Å². The van der Waals surface area contributed by atoms with E-state index in [1.165, 1.54) is 18.2 Å². The number of amides is 1. The first-order valence-corrected chi connectivity index (χ1v) is 8.65. The van der Waals surface area contributed by atoms with E-state index in [1.54, 1.807) is 29.5 Å². The molecule has 0 radical (unpaired) electrons. The molecule has 1 saturated carbocycles. The largest absolute Gasteiger partial charge is 0.478 e. The van der Waals surface area contributed by atoms with Gasteiger partial charge in [0.15, 0.2) is 0 Å². The van der Waals surface area contributed by atoms with Crippen molar-refractivity contribution in [2.24, 2.45) is 5.92 Å². The summed E-state index contributed by atoms with van der Waals surface area (Å²) in [6, 6.07) is 6.37. The lowest BCUT2D eigenvalue weighted by Gasteiger charge is -2.14. The summed E-state index contributed by atoms with van der Waals surface area (Å²) < 4.78 is 0. The predicted molar refractivity (Wildman–Crippen MR) is 92.9 cm³/mol. The molecule has 1 aliphatic carbocycles. The normalized spacial score (nSPS) is 15.4. The highest BCUT2D eigenvalue weighted by molar-refractivity contribution is 7.09. The molecule has 0 aliphatic heterocycles. The molecule has 5 nitrogen and oxygen atoms in total. The van der Waals surface area contributed by atoms with Crippen molar-refractivity contribution in [2.75, 3.05) is 0 Å². The van der Waals surface area contributed by atoms with E-state index in [0.717, 1.165) is 29.1 Å². The third kappa shape index (κ3) is 4.08. The van der Waals surface area contributed by atoms with Gasteiger partial charge >= 0.3 is 5.97 Å². The Morgan fingerprint density at radius 3 is 2.58 bits per heavy atom. The molecule has 1 amide bonds.